The van der Waals surface area contributed by atoms with Crippen molar-refractivity contribution in [1.29, 1.82) is 0 Å². The highest BCUT2D eigenvalue weighted by atomic mass is 19.4. The molecular weight excluding hydrogens is 494 g/mol. The molecule has 2 N–H and O–H groups in total. The lowest BCUT2D eigenvalue weighted by molar-refractivity contribution is -0.138. The Balaban J connectivity index is 1.34. The Hall–Kier alpha value is -3.52. The first-order chi connectivity index (χ1) is 17.7. The first-order valence-corrected chi connectivity index (χ1v) is 11.9. The van der Waals surface area contributed by atoms with Crippen LogP contribution in [-0.4, -0.2) is 85.6 Å². The number of aromatic nitrogens is 5. The third kappa shape index (κ3) is 5.30. The van der Waals surface area contributed by atoms with Gasteiger partial charge in [-0.2, -0.15) is 13.2 Å². The number of fused-ring (bicyclic) bond motifs is 1. The van der Waals surface area contributed by atoms with Crippen molar-refractivity contribution in [2.45, 2.75) is 37.5 Å². The Kier molecular flexibility index (Phi) is 6.86. The topological polar surface area (TPSA) is 98.0 Å². The average molecular weight is 522 g/mol. The smallest absolute Gasteiger partial charge is 0.375 e. The van der Waals surface area contributed by atoms with Gasteiger partial charge in [-0.05, 0) is 12.5 Å². The summed E-state index contributed by atoms with van der Waals surface area (Å²) < 4.78 is 55.0. The number of hydrogen-bond acceptors (Lipinski definition) is 9. The number of rotatable bonds is 6. The van der Waals surface area contributed by atoms with Gasteiger partial charge >= 0.3 is 6.18 Å². The van der Waals surface area contributed by atoms with Crippen molar-refractivity contribution in [3.05, 3.63) is 49.2 Å². The molecule has 198 valence electrons. The lowest BCUT2D eigenvalue weighted by atomic mass is 10.0. The molecule has 0 aromatic carbocycles. The van der Waals surface area contributed by atoms with Crippen LogP contribution in [0.2, 0.25) is 0 Å². The molecule has 2 saturated heterocycles. The van der Waals surface area contributed by atoms with E-state index < -0.39 is 30.2 Å². The van der Waals surface area contributed by atoms with Crippen LogP contribution in [0, 0.1) is 0 Å². The van der Waals surface area contributed by atoms with E-state index in [2.05, 4.69) is 36.7 Å². The number of piperidine rings is 1. The van der Waals surface area contributed by atoms with E-state index in [4.69, 9.17) is 0 Å². The summed E-state index contributed by atoms with van der Waals surface area (Å²) >= 11 is 0. The predicted octanol–water partition coefficient (Wildman–Crippen LogP) is 2.54. The molecule has 3 atom stereocenters. The maximum absolute atomic E-state index is 14.8. The Bertz CT molecular complexity index is 1240. The molecule has 0 amide bonds. The van der Waals surface area contributed by atoms with Gasteiger partial charge in [0.15, 0.2) is 5.82 Å². The van der Waals surface area contributed by atoms with Crippen LogP contribution in [0.5, 0.6) is 0 Å². The normalized spacial score (nSPS) is 22.3. The number of anilines is 3. The van der Waals surface area contributed by atoms with Crippen LogP contribution in [0.25, 0.3) is 5.52 Å². The zero-order chi connectivity index (χ0) is 26.2. The second-order valence-electron chi connectivity index (χ2n) is 9.16. The SMILES string of the molecule is C=CC(O)N1CCCN(c2nccn3c(N4C[C@H](F)C[C@@H](Nc5ncc(C(F)(F)F)cn5)C4)ncc23)C1. The molecule has 0 radical (unpaired) electrons. The molecule has 5 rings (SSSR count). The molecule has 5 heterocycles. The fourth-order valence-corrected chi connectivity index (χ4v) is 4.78. The van der Waals surface area contributed by atoms with Crippen molar-refractivity contribution in [3.63, 3.8) is 0 Å². The quantitative estimate of drug-likeness (QED) is 0.375. The minimum Gasteiger partial charge on any atom is -0.375 e. The van der Waals surface area contributed by atoms with Gasteiger partial charge in [0, 0.05) is 56.9 Å². The van der Waals surface area contributed by atoms with Gasteiger partial charge in [-0.25, -0.2) is 24.3 Å². The molecule has 37 heavy (non-hydrogen) atoms. The minimum absolute atomic E-state index is 0.00266. The van der Waals surface area contributed by atoms with Gasteiger partial charge in [0.2, 0.25) is 11.9 Å². The summed E-state index contributed by atoms with van der Waals surface area (Å²) in [4.78, 5) is 22.3. The van der Waals surface area contributed by atoms with Crippen molar-refractivity contribution in [3.8, 4) is 0 Å². The van der Waals surface area contributed by atoms with E-state index in [1.54, 1.807) is 23.5 Å². The summed E-state index contributed by atoms with van der Waals surface area (Å²) in [7, 11) is 0. The average Bonchev–Trinajstić information content (AvgIpc) is 3.32. The fourth-order valence-electron chi connectivity index (χ4n) is 4.78. The Morgan fingerprint density at radius 1 is 1.08 bits per heavy atom. The lowest BCUT2D eigenvalue weighted by Crippen LogP contribution is -2.49. The van der Waals surface area contributed by atoms with E-state index >= 15 is 0 Å². The highest BCUT2D eigenvalue weighted by Crippen LogP contribution is 2.30. The first kappa shape index (κ1) is 25.1. The summed E-state index contributed by atoms with van der Waals surface area (Å²) in [5.74, 6) is 1.23. The summed E-state index contributed by atoms with van der Waals surface area (Å²) in [5, 5.41) is 13.1. The first-order valence-electron chi connectivity index (χ1n) is 11.9. The molecule has 0 bridgehead atoms. The van der Waals surface area contributed by atoms with Crippen LogP contribution in [0.3, 0.4) is 0 Å². The number of aliphatic hydroxyl groups is 1. The van der Waals surface area contributed by atoms with Crippen molar-refractivity contribution in [1.82, 2.24) is 29.2 Å². The summed E-state index contributed by atoms with van der Waals surface area (Å²) in [6, 6.07) is -0.440. The van der Waals surface area contributed by atoms with Crippen molar-refractivity contribution in [2.75, 3.05) is 48.0 Å². The van der Waals surface area contributed by atoms with E-state index in [-0.39, 0.29) is 18.9 Å². The number of alkyl halides is 4. The van der Waals surface area contributed by atoms with E-state index in [9.17, 15) is 22.7 Å². The van der Waals surface area contributed by atoms with Gasteiger partial charge in [-0.15, -0.1) is 0 Å². The van der Waals surface area contributed by atoms with Crippen LogP contribution in [0.1, 0.15) is 18.4 Å². The number of nitrogens with zero attached hydrogens (tertiary/aromatic N) is 8. The summed E-state index contributed by atoms with van der Waals surface area (Å²) in [6.07, 6.45) is 2.51. The second-order valence-corrected chi connectivity index (χ2v) is 9.16. The van der Waals surface area contributed by atoms with E-state index in [1.165, 1.54) is 6.08 Å². The number of imidazole rings is 1. The predicted molar refractivity (Wildman–Crippen MR) is 129 cm³/mol. The zero-order valence-electron chi connectivity index (χ0n) is 19.9. The molecule has 3 aromatic heterocycles. The van der Waals surface area contributed by atoms with Gasteiger partial charge in [0.05, 0.1) is 25.0 Å². The third-order valence-electron chi connectivity index (χ3n) is 6.52. The number of aliphatic hydroxyl groups excluding tert-OH is 1. The molecule has 14 heteroatoms. The van der Waals surface area contributed by atoms with Gasteiger partial charge in [0.25, 0.3) is 0 Å². The molecule has 0 saturated carbocycles. The molecular formula is C23H27F4N9O. The van der Waals surface area contributed by atoms with Crippen molar-refractivity contribution in [2.24, 2.45) is 0 Å². The van der Waals surface area contributed by atoms with Crippen LogP contribution in [-0.2, 0) is 6.18 Å². The van der Waals surface area contributed by atoms with Crippen LogP contribution in [0.15, 0.2) is 43.6 Å². The van der Waals surface area contributed by atoms with E-state index in [1.807, 2.05) is 9.30 Å². The van der Waals surface area contributed by atoms with Gasteiger partial charge in [0.1, 0.15) is 17.9 Å². The highest BCUT2D eigenvalue weighted by molar-refractivity contribution is 5.71. The van der Waals surface area contributed by atoms with Gasteiger partial charge in [-0.1, -0.05) is 6.58 Å². The monoisotopic (exact) mass is 521 g/mol. The molecule has 0 aliphatic carbocycles. The summed E-state index contributed by atoms with van der Waals surface area (Å²) in [5.41, 5.74) is -0.209. The molecule has 2 aliphatic heterocycles. The molecule has 10 nitrogen and oxygen atoms in total. The molecule has 3 aromatic rings. The second kappa shape index (κ2) is 10.1. The number of halogens is 4. The molecule has 0 spiro atoms. The molecule has 1 unspecified atom stereocenters. The summed E-state index contributed by atoms with van der Waals surface area (Å²) in [6.45, 7) is 6.08. The van der Waals surface area contributed by atoms with E-state index in [0.717, 1.165) is 25.0 Å². The Morgan fingerprint density at radius 3 is 2.59 bits per heavy atom. The maximum Gasteiger partial charge on any atom is 0.419 e. The highest BCUT2D eigenvalue weighted by Gasteiger charge is 2.33. The fraction of sp³-hybridized carbons (Fsp3) is 0.478. The van der Waals surface area contributed by atoms with Crippen molar-refractivity contribution >= 4 is 23.2 Å². The maximum atomic E-state index is 14.8. The minimum atomic E-state index is -4.53. The number of nitrogens with one attached hydrogen (secondary N) is 1. The van der Waals surface area contributed by atoms with Crippen LogP contribution < -0.4 is 15.1 Å². The largest absolute Gasteiger partial charge is 0.419 e. The zero-order valence-corrected chi connectivity index (χ0v) is 19.9. The van der Waals surface area contributed by atoms with Gasteiger partial charge in [-0.3, -0.25) is 9.30 Å². The van der Waals surface area contributed by atoms with Crippen molar-refractivity contribution < 1.29 is 22.7 Å². The Morgan fingerprint density at radius 2 is 1.86 bits per heavy atom. The van der Waals surface area contributed by atoms with Crippen LogP contribution in [0.4, 0.5) is 35.3 Å². The van der Waals surface area contributed by atoms with Crippen LogP contribution >= 0.6 is 0 Å². The third-order valence-corrected chi connectivity index (χ3v) is 6.52. The molecule has 2 fully saturated rings. The van der Waals surface area contributed by atoms with E-state index in [0.29, 0.717) is 37.4 Å². The van der Waals surface area contributed by atoms with Gasteiger partial charge < -0.3 is 20.2 Å². The standard InChI is InChI=1S/C23H27F4N9O/c1-2-19(37)33-5-3-6-34(14-33)20-18-11-31-22(36(18)7-4-28-20)35-12-16(24)8-17(13-35)32-21-29-9-15(10-30-21)23(25,26)27/h2,4,7,9-11,16-17,19,37H,1,3,5-6,8,12-14H2,(H,29,30,32)/t16-,17-,19?/m1/s1. The number of hydrogen-bond donors (Lipinski definition) is 2. The Labute approximate surface area is 210 Å². The molecule has 2 aliphatic rings. The lowest BCUT2D eigenvalue weighted by Gasteiger charge is -2.38.